The predicted molar refractivity (Wildman–Crippen MR) is 126 cm³/mol. The third kappa shape index (κ3) is 10.3. The number of carboxylic acids is 1. The van der Waals surface area contributed by atoms with Crippen molar-refractivity contribution in [2.45, 2.75) is 51.8 Å². The molecule has 2 rings (SSSR count). The Hall–Kier alpha value is -3.23. The average Bonchev–Trinajstić information content (AvgIpc) is 2.75. The van der Waals surface area contributed by atoms with E-state index in [0.29, 0.717) is 24.9 Å². The standard InChI is InChI=1S/C26H32F3NO5/c1-25(2,3)35-24(33)30(4)13-7-11-21(23(31)32)15-18-8-5-9-19(14-18)20-10-6-12-22(16-20)34-17-26(27,28)29/h5-6,8-10,12,14,16,21H,7,11,13,15,17H2,1-4H3,(H,31,32). The monoisotopic (exact) mass is 495 g/mol. The Kier molecular flexibility index (Phi) is 9.56. The number of halogens is 3. The van der Waals surface area contributed by atoms with Crippen LogP contribution < -0.4 is 4.74 Å². The van der Waals surface area contributed by atoms with E-state index < -0.39 is 36.4 Å². The van der Waals surface area contributed by atoms with Crippen LogP contribution in [0.25, 0.3) is 11.1 Å². The maximum atomic E-state index is 12.4. The summed E-state index contributed by atoms with van der Waals surface area (Å²) in [6.07, 6.45) is -3.75. The number of amides is 1. The minimum atomic E-state index is -4.43. The quantitative estimate of drug-likeness (QED) is 0.426. The largest absolute Gasteiger partial charge is 0.484 e. The molecule has 1 atom stereocenters. The van der Waals surface area contributed by atoms with Crippen molar-refractivity contribution in [1.29, 1.82) is 0 Å². The van der Waals surface area contributed by atoms with Gasteiger partial charge in [0.05, 0.1) is 5.92 Å². The van der Waals surface area contributed by atoms with Crippen LogP contribution in [0.4, 0.5) is 18.0 Å². The van der Waals surface area contributed by atoms with E-state index in [0.717, 1.165) is 11.1 Å². The van der Waals surface area contributed by atoms with Crippen LogP contribution in [0.1, 0.15) is 39.2 Å². The fourth-order valence-corrected chi connectivity index (χ4v) is 3.41. The van der Waals surface area contributed by atoms with Gasteiger partial charge in [-0.05, 0) is 68.9 Å². The normalized spacial score (nSPS) is 12.7. The lowest BCUT2D eigenvalue weighted by Gasteiger charge is -2.25. The van der Waals surface area contributed by atoms with Gasteiger partial charge in [-0.25, -0.2) is 4.79 Å². The van der Waals surface area contributed by atoms with Crippen LogP contribution in [0.15, 0.2) is 48.5 Å². The van der Waals surface area contributed by atoms with E-state index in [1.54, 1.807) is 52.1 Å². The second-order valence-electron chi connectivity index (χ2n) is 9.42. The molecule has 0 fully saturated rings. The summed E-state index contributed by atoms with van der Waals surface area (Å²) in [6, 6.07) is 13.6. The van der Waals surface area contributed by atoms with E-state index in [1.165, 1.54) is 17.0 Å². The van der Waals surface area contributed by atoms with E-state index in [4.69, 9.17) is 9.47 Å². The number of ether oxygens (including phenoxy) is 2. The third-order valence-corrected chi connectivity index (χ3v) is 5.08. The molecule has 0 saturated heterocycles. The number of carbonyl (C=O) groups is 2. The molecule has 2 aromatic carbocycles. The summed E-state index contributed by atoms with van der Waals surface area (Å²) in [5, 5.41) is 9.70. The summed E-state index contributed by atoms with van der Waals surface area (Å²) < 4.78 is 47.5. The molecule has 0 aliphatic carbocycles. The summed E-state index contributed by atoms with van der Waals surface area (Å²) in [4.78, 5) is 25.3. The maximum absolute atomic E-state index is 12.4. The Labute approximate surface area is 203 Å². The first-order chi connectivity index (χ1) is 16.2. The van der Waals surface area contributed by atoms with Crippen molar-refractivity contribution in [3.05, 3.63) is 54.1 Å². The molecule has 0 aliphatic rings. The van der Waals surface area contributed by atoms with Crippen LogP contribution in [0.2, 0.25) is 0 Å². The lowest BCUT2D eigenvalue weighted by molar-refractivity contribution is -0.153. The Bertz CT molecular complexity index is 1000. The lowest BCUT2D eigenvalue weighted by Crippen LogP contribution is -2.35. The molecule has 0 radical (unpaired) electrons. The number of nitrogens with zero attached hydrogens (tertiary/aromatic N) is 1. The Balaban J connectivity index is 2.01. The van der Waals surface area contributed by atoms with Gasteiger partial charge in [0.15, 0.2) is 6.61 Å². The zero-order valence-corrected chi connectivity index (χ0v) is 20.4. The summed E-state index contributed by atoms with van der Waals surface area (Å²) in [5.41, 5.74) is 1.59. The third-order valence-electron chi connectivity index (χ3n) is 5.08. The summed E-state index contributed by atoms with van der Waals surface area (Å²) in [7, 11) is 1.61. The minimum absolute atomic E-state index is 0.0998. The molecule has 0 aromatic heterocycles. The zero-order chi connectivity index (χ0) is 26.2. The molecular weight excluding hydrogens is 463 g/mol. The first-order valence-corrected chi connectivity index (χ1v) is 11.3. The Morgan fingerprint density at radius 1 is 1.03 bits per heavy atom. The highest BCUT2D eigenvalue weighted by Gasteiger charge is 2.28. The molecule has 192 valence electrons. The van der Waals surface area contributed by atoms with E-state index >= 15 is 0 Å². The van der Waals surface area contributed by atoms with Crippen molar-refractivity contribution < 1.29 is 37.3 Å². The van der Waals surface area contributed by atoms with E-state index in [2.05, 4.69) is 0 Å². The molecule has 0 bridgehead atoms. The van der Waals surface area contributed by atoms with Crippen LogP contribution in [0.5, 0.6) is 5.75 Å². The Morgan fingerprint density at radius 3 is 2.26 bits per heavy atom. The minimum Gasteiger partial charge on any atom is -0.484 e. The van der Waals surface area contributed by atoms with Crippen molar-refractivity contribution in [1.82, 2.24) is 4.90 Å². The number of aliphatic carboxylic acids is 1. The lowest BCUT2D eigenvalue weighted by atomic mass is 9.93. The van der Waals surface area contributed by atoms with Crippen LogP contribution >= 0.6 is 0 Å². The number of benzene rings is 2. The fraction of sp³-hybridized carbons (Fsp3) is 0.462. The van der Waals surface area contributed by atoms with Crippen molar-refractivity contribution >= 4 is 12.1 Å². The number of carbonyl (C=O) groups excluding carboxylic acids is 1. The molecule has 0 saturated carbocycles. The summed E-state index contributed by atoms with van der Waals surface area (Å²) in [6.45, 7) is 4.32. The van der Waals surface area contributed by atoms with Gasteiger partial charge in [0.25, 0.3) is 0 Å². The number of rotatable bonds is 10. The van der Waals surface area contributed by atoms with Crippen LogP contribution in [0.3, 0.4) is 0 Å². The number of hydrogen-bond donors (Lipinski definition) is 1. The highest BCUT2D eigenvalue weighted by atomic mass is 19.4. The highest BCUT2D eigenvalue weighted by molar-refractivity contribution is 5.71. The first-order valence-electron chi connectivity index (χ1n) is 11.3. The second kappa shape index (κ2) is 12.0. The number of alkyl halides is 3. The molecular formula is C26H32F3NO5. The highest BCUT2D eigenvalue weighted by Crippen LogP contribution is 2.27. The van der Waals surface area contributed by atoms with E-state index in [1.807, 2.05) is 12.1 Å². The molecule has 2 aromatic rings. The average molecular weight is 496 g/mol. The van der Waals surface area contributed by atoms with Crippen molar-refractivity contribution in [3.63, 3.8) is 0 Å². The summed E-state index contributed by atoms with van der Waals surface area (Å²) in [5.74, 6) is -1.49. The molecule has 9 heteroatoms. The van der Waals surface area contributed by atoms with Crippen LogP contribution in [0, 0.1) is 5.92 Å². The van der Waals surface area contributed by atoms with Gasteiger partial charge >= 0.3 is 18.2 Å². The molecule has 0 spiro atoms. The first kappa shape index (κ1) is 28.0. The van der Waals surface area contributed by atoms with Gasteiger partial charge in [0.1, 0.15) is 11.4 Å². The van der Waals surface area contributed by atoms with Crippen LogP contribution in [-0.2, 0) is 16.0 Å². The topological polar surface area (TPSA) is 76.1 Å². The molecule has 0 aliphatic heterocycles. The molecule has 1 N–H and O–H groups in total. The van der Waals surface area contributed by atoms with Crippen molar-refractivity contribution in [2.24, 2.45) is 5.92 Å². The van der Waals surface area contributed by atoms with Crippen molar-refractivity contribution in [3.8, 4) is 16.9 Å². The van der Waals surface area contributed by atoms with Gasteiger partial charge < -0.3 is 19.5 Å². The predicted octanol–water partition coefficient (Wildman–Crippen LogP) is 6.19. The van der Waals surface area contributed by atoms with Gasteiger partial charge in [-0.1, -0.05) is 36.4 Å². The maximum Gasteiger partial charge on any atom is 0.422 e. The zero-order valence-electron chi connectivity index (χ0n) is 20.4. The van der Waals surface area contributed by atoms with E-state index in [-0.39, 0.29) is 12.2 Å². The molecule has 6 nitrogen and oxygen atoms in total. The van der Waals surface area contributed by atoms with Gasteiger partial charge in [0.2, 0.25) is 0 Å². The molecule has 1 unspecified atom stereocenters. The van der Waals surface area contributed by atoms with E-state index in [9.17, 15) is 27.9 Å². The second-order valence-corrected chi connectivity index (χ2v) is 9.42. The van der Waals surface area contributed by atoms with Gasteiger partial charge in [-0.2, -0.15) is 13.2 Å². The van der Waals surface area contributed by atoms with Crippen LogP contribution in [-0.4, -0.2) is 54.0 Å². The Morgan fingerprint density at radius 2 is 1.66 bits per heavy atom. The molecule has 1 amide bonds. The van der Waals surface area contributed by atoms with Crippen molar-refractivity contribution in [2.75, 3.05) is 20.2 Å². The number of carboxylic acid groups (broad SMARTS) is 1. The molecule has 0 heterocycles. The van der Waals surface area contributed by atoms with Gasteiger partial charge in [-0.3, -0.25) is 4.79 Å². The van der Waals surface area contributed by atoms with Gasteiger partial charge in [-0.15, -0.1) is 0 Å². The smallest absolute Gasteiger partial charge is 0.422 e. The summed E-state index contributed by atoms with van der Waals surface area (Å²) >= 11 is 0. The SMILES string of the molecule is CN(CCCC(Cc1cccc(-c2cccc(OCC(F)(F)F)c2)c1)C(=O)O)C(=O)OC(C)(C)C. The van der Waals surface area contributed by atoms with Gasteiger partial charge in [0, 0.05) is 13.6 Å². The molecule has 35 heavy (non-hydrogen) atoms. The fourth-order valence-electron chi connectivity index (χ4n) is 3.41. The number of hydrogen-bond acceptors (Lipinski definition) is 4.